The van der Waals surface area contributed by atoms with Gasteiger partial charge in [0.2, 0.25) is 0 Å². The van der Waals surface area contributed by atoms with Crippen LogP contribution in [0.1, 0.15) is 29.8 Å². The molecule has 12 heteroatoms. The van der Waals surface area contributed by atoms with Gasteiger partial charge in [-0.15, -0.1) is 0 Å². The van der Waals surface area contributed by atoms with Crippen LogP contribution in [0.25, 0.3) is 0 Å². The number of amides is 2. The third-order valence-corrected chi connectivity index (χ3v) is 6.98. The van der Waals surface area contributed by atoms with Crippen molar-refractivity contribution in [2.45, 2.75) is 37.4 Å². The zero-order valence-corrected chi connectivity index (χ0v) is 22.0. The van der Waals surface area contributed by atoms with Crippen molar-refractivity contribution in [3.63, 3.8) is 0 Å². The van der Waals surface area contributed by atoms with Crippen molar-refractivity contribution in [1.82, 2.24) is 15.6 Å². The van der Waals surface area contributed by atoms with Crippen molar-refractivity contribution in [2.24, 2.45) is 0 Å². The fourth-order valence-electron chi connectivity index (χ4n) is 4.56. The Morgan fingerprint density at radius 2 is 2.05 bits per heavy atom. The smallest absolute Gasteiger partial charge is 0.416 e. The highest BCUT2D eigenvalue weighted by molar-refractivity contribution is 6.31. The number of hydrogen-bond acceptors (Lipinski definition) is 5. The number of nitrogens with zero attached hydrogens (tertiary/aromatic N) is 2. The Bertz CT molecular complexity index is 1320. The van der Waals surface area contributed by atoms with Crippen LogP contribution in [0.15, 0.2) is 54.1 Å². The first kappa shape index (κ1) is 28.6. The molecule has 1 unspecified atom stereocenters. The number of carbonyl (C=O) groups excluding carboxylic acids is 2. The summed E-state index contributed by atoms with van der Waals surface area (Å²) in [4.78, 5) is 31.6. The van der Waals surface area contributed by atoms with Crippen molar-refractivity contribution >= 4 is 29.3 Å². The van der Waals surface area contributed by atoms with E-state index in [-0.39, 0.29) is 41.1 Å². The molecule has 1 aliphatic heterocycles. The van der Waals surface area contributed by atoms with E-state index in [4.69, 9.17) is 16.3 Å². The molecule has 2 heterocycles. The van der Waals surface area contributed by atoms with E-state index in [1.807, 2.05) is 0 Å². The van der Waals surface area contributed by atoms with Crippen LogP contribution in [-0.2, 0) is 21.1 Å². The molecule has 2 aliphatic rings. The molecule has 2 aromatic rings. The minimum absolute atomic E-state index is 0.00675. The number of likely N-dealkylation sites (N-methyl/N-ethyl adjacent to an activating group) is 1. The number of halogens is 5. The van der Waals surface area contributed by atoms with Crippen LogP contribution in [0.5, 0.6) is 0 Å². The maximum atomic E-state index is 13.7. The van der Waals surface area contributed by atoms with Gasteiger partial charge < -0.3 is 20.3 Å². The number of ether oxygens (including phenoxy) is 1. The first-order valence-electron chi connectivity index (χ1n) is 12.2. The first-order chi connectivity index (χ1) is 18.4. The lowest BCUT2D eigenvalue weighted by molar-refractivity contribution is -0.137. The average molecular weight is 567 g/mol. The average Bonchev–Trinajstić information content (AvgIpc) is 3.40. The second-order valence-electron chi connectivity index (χ2n) is 9.62. The van der Waals surface area contributed by atoms with Crippen LogP contribution in [0.2, 0.25) is 5.02 Å². The Morgan fingerprint density at radius 3 is 2.72 bits per heavy atom. The third kappa shape index (κ3) is 6.59. The molecule has 1 saturated heterocycles. The maximum absolute atomic E-state index is 13.7. The van der Waals surface area contributed by atoms with E-state index < -0.39 is 35.0 Å². The SMILES string of the molecule is Cc1cc(C(F)(F)F)cc(C2(COC(=O)N[C@H]3CCNC3)C=C(C(=O)N(C)c3ccc(F)c(Cl)c3)C=CC2)n1. The van der Waals surface area contributed by atoms with Crippen LogP contribution >= 0.6 is 11.6 Å². The second-order valence-corrected chi connectivity index (χ2v) is 10.0. The summed E-state index contributed by atoms with van der Waals surface area (Å²) in [6.45, 7) is 2.40. The number of aromatic nitrogens is 1. The summed E-state index contributed by atoms with van der Waals surface area (Å²) < 4.78 is 60.2. The molecule has 0 spiro atoms. The largest absolute Gasteiger partial charge is 0.448 e. The number of allylic oxidation sites excluding steroid dienone is 1. The zero-order valence-electron chi connectivity index (χ0n) is 21.2. The number of anilines is 1. The van der Waals surface area contributed by atoms with Gasteiger partial charge in [0.05, 0.1) is 21.7 Å². The van der Waals surface area contributed by atoms with Gasteiger partial charge in [0.15, 0.2) is 0 Å². The van der Waals surface area contributed by atoms with Crippen LogP contribution < -0.4 is 15.5 Å². The Morgan fingerprint density at radius 1 is 1.28 bits per heavy atom. The van der Waals surface area contributed by atoms with Crippen LogP contribution in [0, 0.1) is 12.7 Å². The van der Waals surface area contributed by atoms with E-state index in [1.54, 1.807) is 6.08 Å². The van der Waals surface area contributed by atoms with E-state index >= 15 is 0 Å². The number of pyridine rings is 1. The number of alkyl halides is 3. The van der Waals surface area contributed by atoms with Crippen LogP contribution in [0.3, 0.4) is 0 Å². The molecule has 1 aromatic carbocycles. The Balaban J connectivity index is 1.70. The van der Waals surface area contributed by atoms with Gasteiger partial charge in [-0.05, 0) is 56.6 Å². The van der Waals surface area contributed by atoms with Crippen LogP contribution in [-0.4, -0.2) is 49.8 Å². The molecule has 2 amide bonds. The van der Waals surface area contributed by atoms with Gasteiger partial charge >= 0.3 is 12.3 Å². The van der Waals surface area contributed by atoms with E-state index in [9.17, 15) is 27.2 Å². The van der Waals surface area contributed by atoms with Gasteiger partial charge in [0.25, 0.3) is 5.91 Å². The van der Waals surface area contributed by atoms with Crippen molar-refractivity contribution in [3.05, 3.63) is 81.9 Å². The summed E-state index contributed by atoms with van der Waals surface area (Å²) in [7, 11) is 1.46. The molecule has 1 aliphatic carbocycles. The molecule has 0 saturated carbocycles. The van der Waals surface area contributed by atoms with Crippen molar-refractivity contribution < 1.29 is 31.9 Å². The second kappa shape index (κ2) is 11.4. The van der Waals surface area contributed by atoms with Gasteiger partial charge in [-0.2, -0.15) is 13.2 Å². The Labute approximate surface area is 227 Å². The molecule has 0 bridgehead atoms. The molecule has 39 heavy (non-hydrogen) atoms. The maximum Gasteiger partial charge on any atom is 0.416 e. The molecule has 4 rings (SSSR count). The fourth-order valence-corrected chi connectivity index (χ4v) is 4.73. The van der Waals surface area contributed by atoms with E-state index in [2.05, 4.69) is 15.6 Å². The Hall–Kier alpha value is -3.44. The number of rotatable bonds is 6. The van der Waals surface area contributed by atoms with E-state index in [1.165, 1.54) is 43.2 Å². The van der Waals surface area contributed by atoms with Gasteiger partial charge in [0.1, 0.15) is 12.4 Å². The fraction of sp³-hybridized carbons (Fsp3) is 0.370. The number of nitrogens with one attached hydrogen (secondary N) is 2. The minimum Gasteiger partial charge on any atom is -0.448 e. The molecular weight excluding hydrogens is 540 g/mol. The van der Waals surface area contributed by atoms with Gasteiger partial charge in [-0.1, -0.05) is 29.8 Å². The van der Waals surface area contributed by atoms with Crippen molar-refractivity contribution in [2.75, 3.05) is 31.6 Å². The van der Waals surface area contributed by atoms with Gasteiger partial charge in [-0.3, -0.25) is 9.78 Å². The molecule has 2 N–H and O–H groups in total. The molecular formula is C27H27ClF4N4O3. The lowest BCUT2D eigenvalue weighted by Gasteiger charge is -2.33. The molecule has 2 atom stereocenters. The van der Waals surface area contributed by atoms with Crippen molar-refractivity contribution in [1.29, 1.82) is 0 Å². The number of hydrogen-bond donors (Lipinski definition) is 2. The summed E-state index contributed by atoms with van der Waals surface area (Å²) in [6, 6.07) is 5.51. The number of aryl methyl sites for hydroxylation is 1. The summed E-state index contributed by atoms with van der Waals surface area (Å²) in [5.41, 5.74) is -1.70. The normalized spacial score (nSPS) is 20.9. The number of carbonyl (C=O) groups is 2. The predicted molar refractivity (Wildman–Crippen MR) is 138 cm³/mol. The van der Waals surface area contributed by atoms with E-state index in [0.717, 1.165) is 31.2 Å². The standard InChI is InChI=1S/C27H27ClF4N4O3/c1-16-10-18(27(30,31)32)11-23(34-16)26(15-39-25(38)35-19-7-9-33-14-19)8-3-4-17(13-26)24(37)36(2)20-5-6-22(29)21(28)12-20/h3-6,10-13,19,33H,7-9,14-15H2,1-2H3,(H,35,38)/t19-,26?/m0/s1. The Kier molecular flexibility index (Phi) is 8.31. The zero-order chi connectivity index (χ0) is 28.4. The molecule has 208 valence electrons. The number of alkyl carbamates (subject to hydrolysis) is 1. The van der Waals surface area contributed by atoms with Crippen molar-refractivity contribution in [3.8, 4) is 0 Å². The van der Waals surface area contributed by atoms with Gasteiger partial charge in [0, 0.05) is 36.6 Å². The highest BCUT2D eigenvalue weighted by Crippen LogP contribution is 2.38. The monoisotopic (exact) mass is 566 g/mol. The molecule has 7 nitrogen and oxygen atoms in total. The number of benzene rings is 1. The minimum atomic E-state index is -4.63. The topological polar surface area (TPSA) is 83.6 Å². The quantitative estimate of drug-likeness (QED) is 0.477. The third-order valence-electron chi connectivity index (χ3n) is 6.69. The molecule has 1 fully saturated rings. The lowest BCUT2D eigenvalue weighted by atomic mass is 9.76. The summed E-state index contributed by atoms with van der Waals surface area (Å²) in [6.07, 6.45) is 0.124. The lowest BCUT2D eigenvalue weighted by Crippen LogP contribution is -2.41. The van der Waals surface area contributed by atoms with E-state index in [0.29, 0.717) is 12.2 Å². The molecule has 0 radical (unpaired) electrons. The highest BCUT2D eigenvalue weighted by atomic mass is 35.5. The van der Waals surface area contributed by atoms with Crippen LogP contribution in [0.4, 0.5) is 28.0 Å². The predicted octanol–water partition coefficient (Wildman–Crippen LogP) is 5.08. The highest BCUT2D eigenvalue weighted by Gasteiger charge is 2.39. The molecule has 1 aromatic heterocycles. The summed E-state index contributed by atoms with van der Waals surface area (Å²) in [5.74, 6) is -1.17. The van der Waals surface area contributed by atoms with Gasteiger partial charge in [-0.25, -0.2) is 9.18 Å². The summed E-state index contributed by atoms with van der Waals surface area (Å²) >= 11 is 5.87. The first-order valence-corrected chi connectivity index (χ1v) is 12.6. The summed E-state index contributed by atoms with van der Waals surface area (Å²) in [5, 5.41) is 5.68.